The standard InChI is InChI=1S/C15H14BrF3N2/c1-20-14(9-11-4-2-3-7-21-11)10-5-6-13(16)12(8-10)15(17,18)19/h2-8,14,20H,9H2,1H3. The molecule has 0 aliphatic carbocycles. The number of benzene rings is 1. The average molecular weight is 359 g/mol. The van der Waals surface area contributed by atoms with Gasteiger partial charge in [-0.15, -0.1) is 0 Å². The van der Waals surface area contributed by atoms with Crippen molar-refractivity contribution in [3.8, 4) is 0 Å². The summed E-state index contributed by atoms with van der Waals surface area (Å²) in [5.74, 6) is 0. The summed E-state index contributed by atoms with van der Waals surface area (Å²) >= 11 is 2.95. The number of alkyl halides is 3. The van der Waals surface area contributed by atoms with Crippen molar-refractivity contribution in [1.29, 1.82) is 0 Å². The van der Waals surface area contributed by atoms with Crippen molar-refractivity contribution in [3.05, 3.63) is 63.9 Å². The first-order chi connectivity index (χ1) is 9.91. The van der Waals surface area contributed by atoms with Crippen LogP contribution in [0.15, 0.2) is 47.1 Å². The Hall–Kier alpha value is -1.40. The van der Waals surface area contributed by atoms with E-state index in [1.165, 1.54) is 12.1 Å². The van der Waals surface area contributed by atoms with Crippen molar-refractivity contribution < 1.29 is 13.2 Å². The van der Waals surface area contributed by atoms with Crippen molar-refractivity contribution in [3.63, 3.8) is 0 Å². The molecular formula is C15H14BrF3N2. The molecule has 2 rings (SSSR count). The number of pyridine rings is 1. The Kier molecular flexibility index (Phi) is 5.00. The summed E-state index contributed by atoms with van der Waals surface area (Å²) in [6, 6.07) is 9.58. The highest BCUT2D eigenvalue weighted by Crippen LogP contribution is 2.36. The molecule has 0 amide bonds. The van der Waals surface area contributed by atoms with Gasteiger partial charge in [-0.2, -0.15) is 13.2 Å². The van der Waals surface area contributed by atoms with Crippen molar-refractivity contribution in [2.45, 2.75) is 18.6 Å². The summed E-state index contributed by atoms with van der Waals surface area (Å²) in [6.07, 6.45) is -2.18. The highest BCUT2D eigenvalue weighted by molar-refractivity contribution is 9.10. The molecule has 0 spiro atoms. The first-order valence-corrected chi connectivity index (χ1v) is 7.15. The van der Waals surface area contributed by atoms with Crippen LogP contribution in [0.3, 0.4) is 0 Å². The van der Waals surface area contributed by atoms with Gasteiger partial charge < -0.3 is 5.32 Å². The highest BCUT2D eigenvalue weighted by atomic mass is 79.9. The predicted octanol–water partition coefficient (Wildman–Crippen LogP) is 4.37. The lowest BCUT2D eigenvalue weighted by atomic mass is 9.99. The van der Waals surface area contributed by atoms with Crippen LogP contribution in [0.25, 0.3) is 0 Å². The van der Waals surface area contributed by atoms with E-state index in [1.807, 2.05) is 12.1 Å². The number of nitrogens with one attached hydrogen (secondary N) is 1. The van der Waals surface area contributed by atoms with E-state index >= 15 is 0 Å². The van der Waals surface area contributed by atoms with Gasteiger partial charge in [0.25, 0.3) is 0 Å². The summed E-state index contributed by atoms with van der Waals surface area (Å²) in [5, 5.41) is 3.04. The Bertz CT molecular complexity index is 600. The summed E-state index contributed by atoms with van der Waals surface area (Å²) in [6.45, 7) is 0. The average Bonchev–Trinajstić information content (AvgIpc) is 2.45. The first-order valence-electron chi connectivity index (χ1n) is 6.35. The molecule has 21 heavy (non-hydrogen) atoms. The van der Waals surface area contributed by atoms with E-state index in [9.17, 15) is 13.2 Å². The maximum Gasteiger partial charge on any atom is 0.417 e. The van der Waals surface area contributed by atoms with Crippen LogP contribution in [0.1, 0.15) is 22.9 Å². The lowest BCUT2D eigenvalue weighted by Gasteiger charge is -2.18. The van der Waals surface area contributed by atoms with E-state index in [1.54, 1.807) is 25.4 Å². The Balaban J connectivity index is 2.30. The molecule has 1 aromatic carbocycles. The quantitative estimate of drug-likeness (QED) is 0.877. The lowest BCUT2D eigenvalue weighted by molar-refractivity contribution is -0.138. The molecule has 1 atom stereocenters. The summed E-state index contributed by atoms with van der Waals surface area (Å²) in [5.41, 5.74) is 0.744. The third-order valence-electron chi connectivity index (χ3n) is 3.19. The van der Waals surface area contributed by atoms with Crippen molar-refractivity contribution in [2.75, 3.05) is 7.05 Å². The van der Waals surface area contributed by atoms with Crippen LogP contribution in [0, 0.1) is 0 Å². The second-order valence-electron chi connectivity index (χ2n) is 4.60. The minimum Gasteiger partial charge on any atom is -0.313 e. The molecule has 1 aromatic heterocycles. The monoisotopic (exact) mass is 358 g/mol. The zero-order valence-corrected chi connectivity index (χ0v) is 12.9. The fraction of sp³-hybridized carbons (Fsp3) is 0.267. The normalized spacial score (nSPS) is 13.2. The number of nitrogens with zero attached hydrogens (tertiary/aromatic N) is 1. The summed E-state index contributed by atoms with van der Waals surface area (Å²) in [4.78, 5) is 4.21. The molecule has 2 nitrogen and oxygen atoms in total. The van der Waals surface area contributed by atoms with Gasteiger partial charge in [0.15, 0.2) is 0 Å². The molecule has 0 saturated carbocycles. The summed E-state index contributed by atoms with van der Waals surface area (Å²) in [7, 11) is 1.73. The molecule has 0 fully saturated rings. The van der Waals surface area contributed by atoms with Gasteiger partial charge in [0.1, 0.15) is 0 Å². The van der Waals surface area contributed by atoms with E-state index in [-0.39, 0.29) is 10.5 Å². The van der Waals surface area contributed by atoms with Crippen molar-refractivity contribution in [2.24, 2.45) is 0 Å². The Morgan fingerprint density at radius 2 is 2.00 bits per heavy atom. The van der Waals surface area contributed by atoms with Crippen molar-refractivity contribution >= 4 is 15.9 Å². The van der Waals surface area contributed by atoms with Gasteiger partial charge in [-0.25, -0.2) is 0 Å². The molecular weight excluding hydrogens is 345 g/mol. The van der Waals surface area contributed by atoms with Gasteiger partial charge in [-0.05, 0) is 36.9 Å². The van der Waals surface area contributed by atoms with Gasteiger partial charge >= 0.3 is 6.18 Å². The topological polar surface area (TPSA) is 24.9 Å². The summed E-state index contributed by atoms with van der Waals surface area (Å²) < 4.78 is 38.9. The van der Waals surface area contributed by atoms with Crippen LogP contribution < -0.4 is 5.32 Å². The van der Waals surface area contributed by atoms with Crippen LogP contribution in [0.2, 0.25) is 0 Å². The molecule has 112 valence electrons. The third-order valence-corrected chi connectivity index (χ3v) is 3.88. The van der Waals surface area contributed by atoms with Gasteiger partial charge in [0.05, 0.1) is 5.56 Å². The molecule has 6 heteroatoms. The van der Waals surface area contributed by atoms with Gasteiger partial charge in [0.2, 0.25) is 0 Å². The van der Waals surface area contributed by atoms with Crippen molar-refractivity contribution in [1.82, 2.24) is 10.3 Å². The lowest BCUT2D eigenvalue weighted by Crippen LogP contribution is -2.20. The van der Waals surface area contributed by atoms with E-state index in [4.69, 9.17) is 0 Å². The number of aromatic nitrogens is 1. The SMILES string of the molecule is CNC(Cc1ccccn1)c1ccc(Br)c(C(F)(F)F)c1. The van der Waals surface area contributed by atoms with Crippen LogP contribution in [0.5, 0.6) is 0 Å². The zero-order chi connectivity index (χ0) is 15.5. The smallest absolute Gasteiger partial charge is 0.313 e. The maximum absolute atomic E-state index is 13.0. The molecule has 1 heterocycles. The van der Waals surface area contributed by atoms with Crippen LogP contribution >= 0.6 is 15.9 Å². The van der Waals surface area contributed by atoms with Gasteiger partial charge in [-0.3, -0.25) is 4.98 Å². The van der Waals surface area contributed by atoms with Gasteiger partial charge in [0, 0.05) is 28.8 Å². The number of halogens is 4. The minimum atomic E-state index is -4.38. The van der Waals surface area contributed by atoms with E-state index in [0.29, 0.717) is 12.0 Å². The van der Waals surface area contributed by atoms with E-state index < -0.39 is 11.7 Å². The Morgan fingerprint density at radius 1 is 1.24 bits per heavy atom. The fourth-order valence-corrected chi connectivity index (χ4v) is 2.56. The maximum atomic E-state index is 13.0. The molecule has 0 bridgehead atoms. The number of hydrogen-bond donors (Lipinski definition) is 1. The third kappa shape index (κ3) is 4.04. The molecule has 1 N–H and O–H groups in total. The Morgan fingerprint density at radius 3 is 2.57 bits per heavy atom. The fourth-order valence-electron chi connectivity index (χ4n) is 2.09. The van der Waals surface area contributed by atoms with E-state index in [0.717, 1.165) is 5.69 Å². The predicted molar refractivity (Wildman–Crippen MR) is 78.9 cm³/mol. The largest absolute Gasteiger partial charge is 0.417 e. The molecule has 1 unspecified atom stereocenters. The molecule has 0 radical (unpaired) electrons. The first kappa shape index (κ1) is 16.0. The van der Waals surface area contributed by atoms with E-state index in [2.05, 4.69) is 26.2 Å². The second-order valence-corrected chi connectivity index (χ2v) is 5.46. The van der Waals surface area contributed by atoms with Crippen LogP contribution in [-0.4, -0.2) is 12.0 Å². The molecule has 2 aromatic rings. The minimum absolute atomic E-state index is 0.0476. The van der Waals surface area contributed by atoms with Crippen LogP contribution in [0.4, 0.5) is 13.2 Å². The Labute approximate surface area is 129 Å². The molecule has 0 aliphatic heterocycles. The number of rotatable bonds is 4. The van der Waals surface area contributed by atoms with Gasteiger partial charge in [-0.1, -0.05) is 28.1 Å². The number of likely N-dealkylation sites (N-methyl/N-ethyl adjacent to an activating group) is 1. The zero-order valence-electron chi connectivity index (χ0n) is 11.3. The highest BCUT2D eigenvalue weighted by Gasteiger charge is 2.33. The molecule has 0 aliphatic rings. The molecule has 0 saturated heterocycles. The number of hydrogen-bond acceptors (Lipinski definition) is 2. The van der Waals surface area contributed by atoms with Crippen LogP contribution in [-0.2, 0) is 12.6 Å². The second kappa shape index (κ2) is 6.58.